The molecule has 0 radical (unpaired) electrons. The van der Waals surface area contributed by atoms with Gasteiger partial charge in [-0.25, -0.2) is 0 Å². The standard InChI is InChI=1S/C21H24O9/c1-9(2)3-6-15(30-21-20(28)19(27)14(25)8-29-21)10-7-13(24)16-11(22)4-5-12(23)17(16)18(10)26/h3-5,7,14-15,19-23,25,27-28H,6,8H2,1-2H3/t14-,15?,19+,20-,21+/m1/s1. The molecule has 30 heavy (non-hydrogen) atoms. The molecule has 1 unspecified atom stereocenters. The molecule has 9 nitrogen and oxygen atoms in total. The van der Waals surface area contributed by atoms with E-state index in [-0.39, 0.29) is 29.7 Å². The summed E-state index contributed by atoms with van der Waals surface area (Å²) in [5.74, 6) is -2.28. The van der Waals surface area contributed by atoms with Gasteiger partial charge in [-0.3, -0.25) is 9.59 Å². The van der Waals surface area contributed by atoms with E-state index in [0.29, 0.717) is 0 Å². The predicted octanol–water partition coefficient (Wildman–Crippen LogP) is 0.584. The quantitative estimate of drug-likeness (QED) is 0.340. The van der Waals surface area contributed by atoms with Crippen LogP contribution in [0.3, 0.4) is 0 Å². The molecule has 9 heteroatoms. The van der Waals surface area contributed by atoms with Crippen LogP contribution in [0.15, 0.2) is 35.4 Å². The molecule has 1 saturated heterocycles. The molecule has 1 aliphatic carbocycles. The molecular weight excluding hydrogens is 396 g/mol. The molecule has 1 aliphatic heterocycles. The third kappa shape index (κ3) is 4.16. The number of Topliss-reactive ketones (excluding diaryl/α,β-unsaturated/α-hetero) is 1. The zero-order valence-corrected chi connectivity index (χ0v) is 16.5. The number of ether oxygens (including phenoxy) is 2. The minimum atomic E-state index is -1.58. The number of fused-ring (bicyclic) bond motifs is 1. The zero-order chi connectivity index (χ0) is 22.2. The predicted molar refractivity (Wildman–Crippen MR) is 103 cm³/mol. The number of ketones is 2. The topological polar surface area (TPSA) is 154 Å². The van der Waals surface area contributed by atoms with Gasteiger partial charge in [0.1, 0.15) is 29.8 Å². The highest BCUT2D eigenvalue weighted by molar-refractivity contribution is 6.27. The van der Waals surface area contributed by atoms with Gasteiger partial charge in [0.2, 0.25) is 0 Å². The van der Waals surface area contributed by atoms with E-state index < -0.39 is 53.8 Å². The van der Waals surface area contributed by atoms with Crippen LogP contribution in [-0.2, 0) is 9.47 Å². The SMILES string of the molecule is CC(C)=CCC(O[C@@H]1OC[C@@H](O)[C@H](O)[C@H]1O)C1=CC(=O)c2c(O)ccc(O)c2C1=O. The summed E-state index contributed by atoms with van der Waals surface area (Å²) >= 11 is 0. The van der Waals surface area contributed by atoms with E-state index in [1.807, 2.05) is 13.8 Å². The summed E-state index contributed by atoms with van der Waals surface area (Å²) in [7, 11) is 0. The first-order valence-electron chi connectivity index (χ1n) is 9.42. The van der Waals surface area contributed by atoms with Gasteiger partial charge >= 0.3 is 0 Å². The zero-order valence-electron chi connectivity index (χ0n) is 16.5. The van der Waals surface area contributed by atoms with Crippen molar-refractivity contribution in [2.24, 2.45) is 0 Å². The van der Waals surface area contributed by atoms with Gasteiger partial charge in [0.15, 0.2) is 17.9 Å². The van der Waals surface area contributed by atoms with Crippen LogP contribution in [0, 0.1) is 0 Å². The summed E-state index contributed by atoms with van der Waals surface area (Å²) in [6, 6.07) is 2.23. The number of aliphatic hydroxyl groups excluding tert-OH is 3. The average Bonchev–Trinajstić information content (AvgIpc) is 2.69. The number of hydrogen-bond acceptors (Lipinski definition) is 9. The fraction of sp³-hybridized carbons (Fsp3) is 0.429. The number of carbonyl (C=O) groups excluding carboxylic acids is 2. The van der Waals surface area contributed by atoms with Crippen molar-refractivity contribution in [1.82, 2.24) is 0 Å². The van der Waals surface area contributed by atoms with Gasteiger partial charge in [-0.2, -0.15) is 0 Å². The molecule has 162 valence electrons. The van der Waals surface area contributed by atoms with Crippen molar-refractivity contribution < 1.29 is 44.6 Å². The Balaban J connectivity index is 1.96. The summed E-state index contributed by atoms with van der Waals surface area (Å²) in [5.41, 5.74) is 0.184. The first kappa shape index (κ1) is 22.1. The molecule has 1 aromatic rings. The summed E-state index contributed by atoms with van der Waals surface area (Å²) in [6.07, 6.45) is -3.90. The van der Waals surface area contributed by atoms with Crippen LogP contribution in [0.5, 0.6) is 11.5 Å². The molecule has 0 amide bonds. The number of aliphatic hydroxyl groups is 3. The lowest BCUT2D eigenvalue weighted by Crippen LogP contribution is -2.54. The van der Waals surface area contributed by atoms with Crippen LogP contribution in [0.1, 0.15) is 41.0 Å². The van der Waals surface area contributed by atoms with Gasteiger partial charge in [0.25, 0.3) is 0 Å². The Bertz CT molecular complexity index is 913. The minimum absolute atomic E-state index is 0.0951. The Hall–Kier alpha value is -2.56. The number of benzene rings is 1. The molecule has 0 saturated carbocycles. The Kier molecular flexibility index (Phi) is 6.39. The number of hydrogen-bond donors (Lipinski definition) is 5. The van der Waals surface area contributed by atoms with Gasteiger partial charge in [0, 0.05) is 5.57 Å². The molecule has 1 aromatic carbocycles. The van der Waals surface area contributed by atoms with E-state index in [4.69, 9.17) is 9.47 Å². The van der Waals surface area contributed by atoms with E-state index in [1.165, 1.54) is 0 Å². The number of rotatable bonds is 5. The van der Waals surface area contributed by atoms with Crippen LogP contribution < -0.4 is 0 Å². The van der Waals surface area contributed by atoms with Crippen molar-refractivity contribution in [3.8, 4) is 11.5 Å². The number of carbonyl (C=O) groups is 2. The first-order chi connectivity index (χ1) is 14.1. The van der Waals surface area contributed by atoms with Gasteiger partial charge in [-0.15, -0.1) is 0 Å². The van der Waals surface area contributed by atoms with Gasteiger partial charge in [-0.05, 0) is 38.5 Å². The van der Waals surface area contributed by atoms with Crippen molar-refractivity contribution in [2.45, 2.75) is 51.0 Å². The second-order valence-corrected chi connectivity index (χ2v) is 7.54. The Morgan fingerprint density at radius 3 is 2.40 bits per heavy atom. The molecule has 2 aliphatic rings. The Morgan fingerprint density at radius 1 is 1.13 bits per heavy atom. The van der Waals surface area contributed by atoms with Crippen LogP contribution >= 0.6 is 0 Å². The van der Waals surface area contributed by atoms with Crippen LogP contribution in [0.4, 0.5) is 0 Å². The normalized spacial score (nSPS) is 27.3. The van der Waals surface area contributed by atoms with Crippen LogP contribution in [0.2, 0.25) is 0 Å². The van der Waals surface area contributed by atoms with Gasteiger partial charge in [-0.1, -0.05) is 11.6 Å². The lowest BCUT2D eigenvalue weighted by molar-refractivity contribution is -0.278. The van der Waals surface area contributed by atoms with E-state index in [2.05, 4.69) is 0 Å². The molecule has 0 aromatic heterocycles. The molecule has 0 bridgehead atoms. The van der Waals surface area contributed by atoms with Crippen molar-refractivity contribution in [1.29, 1.82) is 0 Å². The fourth-order valence-electron chi connectivity index (χ4n) is 3.38. The fourth-order valence-corrected chi connectivity index (χ4v) is 3.38. The third-order valence-electron chi connectivity index (χ3n) is 5.02. The maximum Gasteiger partial charge on any atom is 0.196 e. The van der Waals surface area contributed by atoms with Crippen LogP contribution in [-0.4, -0.2) is 74.4 Å². The van der Waals surface area contributed by atoms with Gasteiger partial charge in [0.05, 0.1) is 23.8 Å². The highest BCUT2D eigenvalue weighted by Gasteiger charge is 2.41. The third-order valence-corrected chi connectivity index (χ3v) is 5.02. The second kappa shape index (κ2) is 8.66. The Morgan fingerprint density at radius 2 is 1.77 bits per heavy atom. The highest BCUT2D eigenvalue weighted by atomic mass is 16.7. The van der Waals surface area contributed by atoms with Crippen molar-refractivity contribution >= 4 is 11.6 Å². The van der Waals surface area contributed by atoms with Crippen molar-refractivity contribution in [3.63, 3.8) is 0 Å². The molecule has 3 rings (SSSR count). The molecular formula is C21H24O9. The van der Waals surface area contributed by atoms with E-state index in [0.717, 1.165) is 23.8 Å². The Labute approximate surface area is 172 Å². The molecule has 1 heterocycles. The highest BCUT2D eigenvalue weighted by Crippen LogP contribution is 2.37. The van der Waals surface area contributed by atoms with Crippen molar-refractivity contribution in [2.75, 3.05) is 6.61 Å². The maximum atomic E-state index is 13.1. The summed E-state index contributed by atoms with van der Waals surface area (Å²) in [5, 5.41) is 49.7. The smallest absolute Gasteiger partial charge is 0.196 e. The molecule has 1 fully saturated rings. The van der Waals surface area contributed by atoms with E-state index in [1.54, 1.807) is 6.08 Å². The monoisotopic (exact) mass is 420 g/mol. The summed E-state index contributed by atoms with van der Waals surface area (Å²) in [6.45, 7) is 3.36. The van der Waals surface area contributed by atoms with E-state index >= 15 is 0 Å². The molecule has 0 spiro atoms. The lowest BCUT2D eigenvalue weighted by Gasteiger charge is -2.37. The average molecular weight is 420 g/mol. The van der Waals surface area contributed by atoms with Crippen LogP contribution in [0.25, 0.3) is 0 Å². The summed E-state index contributed by atoms with van der Waals surface area (Å²) in [4.78, 5) is 25.7. The second-order valence-electron chi connectivity index (χ2n) is 7.54. The summed E-state index contributed by atoms with van der Waals surface area (Å²) < 4.78 is 11.0. The molecule has 5 N–H and O–H groups in total. The first-order valence-corrected chi connectivity index (χ1v) is 9.42. The lowest BCUT2D eigenvalue weighted by atomic mass is 9.85. The van der Waals surface area contributed by atoms with Crippen molar-refractivity contribution in [3.05, 3.63) is 46.6 Å². The maximum absolute atomic E-state index is 13.1. The number of allylic oxidation sites excluding steroid dienone is 2. The molecule has 5 atom stereocenters. The largest absolute Gasteiger partial charge is 0.507 e. The number of phenolic OH excluding ortho intramolecular Hbond substituents is 2. The minimum Gasteiger partial charge on any atom is -0.507 e. The number of aromatic hydroxyl groups is 2. The van der Waals surface area contributed by atoms with Gasteiger partial charge < -0.3 is 35.0 Å². The number of phenols is 2. The van der Waals surface area contributed by atoms with E-state index in [9.17, 15) is 35.1 Å².